The molecule has 0 aromatic heterocycles. The van der Waals surface area contributed by atoms with Gasteiger partial charge in [-0.15, -0.1) is 0 Å². The summed E-state index contributed by atoms with van der Waals surface area (Å²) in [6, 6.07) is 3.33. The zero-order chi connectivity index (χ0) is 17.0. The van der Waals surface area contributed by atoms with E-state index in [0.717, 1.165) is 0 Å². The van der Waals surface area contributed by atoms with Crippen LogP contribution in [0.5, 0.6) is 0 Å². The molecular formula is C16H22N2O4. The molecule has 0 radical (unpaired) electrons. The van der Waals surface area contributed by atoms with E-state index in [1.165, 1.54) is 23.1 Å². The van der Waals surface area contributed by atoms with Crippen molar-refractivity contribution in [3.05, 3.63) is 29.3 Å². The summed E-state index contributed by atoms with van der Waals surface area (Å²) in [5.41, 5.74) is 5.87. The number of benzene rings is 1. The summed E-state index contributed by atoms with van der Waals surface area (Å²) in [6.07, 6.45) is 0. The van der Waals surface area contributed by atoms with E-state index in [-0.39, 0.29) is 23.0 Å². The van der Waals surface area contributed by atoms with Gasteiger partial charge in [0.2, 0.25) is 5.91 Å². The van der Waals surface area contributed by atoms with Gasteiger partial charge in [-0.2, -0.15) is 0 Å². The van der Waals surface area contributed by atoms with E-state index < -0.39 is 17.8 Å². The number of Topliss-reactive ketones (excluding diaryl/α,β-unsaturated/α-hetero) is 1. The highest BCUT2D eigenvalue weighted by molar-refractivity contribution is 6.09. The molecule has 1 atom stereocenters. The Hall–Kier alpha value is -2.37. The number of anilines is 1. The molecule has 1 amide bonds. The number of nitrogens with zero attached hydrogens (tertiary/aromatic N) is 1. The molecule has 120 valence electrons. The van der Waals surface area contributed by atoms with Gasteiger partial charge in [0.25, 0.3) is 0 Å². The molecule has 1 aromatic rings. The number of likely N-dealkylation sites (N-methyl/N-ethyl adjacent to an activating group) is 1. The first-order valence-corrected chi connectivity index (χ1v) is 7.18. The van der Waals surface area contributed by atoms with Crippen LogP contribution in [0.4, 0.5) is 5.69 Å². The van der Waals surface area contributed by atoms with Gasteiger partial charge in [-0.25, -0.2) is 4.79 Å². The maximum atomic E-state index is 12.6. The number of amides is 1. The SMILES string of the molecule is CCN(C(=O)C(C)C)[C@@H](C)C(=O)c1cc(N)ccc1C(=O)O. The molecular weight excluding hydrogens is 284 g/mol. The standard InChI is InChI=1S/C16H22N2O4/c1-5-18(15(20)9(2)3)10(4)14(19)13-8-11(17)6-7-12(13)16(21)22/h6-10H,5,17H2,1-4H3,(H,21,22)/t10-/m0/s1. The van der Waals surface area contributed by atoms with Crippen molar-refractivity contribution in [2.75, 3.05) is 12.3 Å². The van der Waals surface area contributed by atoms with Crippen LogP contribution in [0.25, 0.3) is 0 Å². The van der Waals surface area contributed by atoms with Crippen LogP contribution in [0.1, 0.15) is 48.4 Å². The molecule has 1 aromatic carbocycles. The summed E-state index contributed by atoms with van der Waals surface area (Å²) < 4.78 is 0. The molecule has 0 unspecified atom stereocenters. The molecule has 0 aliphatic rings. The molecule has 0 saturated heterocycles. The maximum Gasteiger partial charge on any atom is 0.336 e. The zero-order valence-corrected chi connectivity index (χ0v) is 13.3. The van der Waals surface area contributed by atoms with Gasteiger partial charge < -0.3 is 15.7 Å². The van der Waals surface area contributed by atoms with Crippen molar-refractivity contribution in [3.63, 3.8) is 0 Å². The second-order valence-corrected chi connectivity index (χ2v) is 5.43. The first-order chi connectivity index (χ1) is 10.2. The van der Waals surface area contributed by atoms with Crippen molar-refractivity contribution in [1.82, 2.24) is 4.90 Å². The van der Waals surface area contributed by atoms with E-state index in [9.17, 15) is 19.5 Å². The van der Waals surface area contributed by atoms with Crippen molar-refractivity contribution < 1.29 is 19.5 Å². The molecule has 0 aliphatic heterocycles. The third kappa shape index (κ3) is 3.63. The highest BCUT2D eigenvalue weighted by Gasteiger charge is 2.29. The van der Waals surface area contributed by atoms with Gasteiger partial charge in [-0.3, -0.25) is 9.59 Å². The molecule has 6 nitrogen and oxygen atoms in total. The van der Waals surface area contributed by atoms with Crippen LogP contribution in [-0.4, -0.2) is 40.3 Å². The minimum Gasteiger partial charge on any atom is -0.478 e. The van der Waals surface area contributed by atoms with E-state index in [1.807, 2.05) is 0 Å². The predicted molar refractivity (Wildman–Crippen MR) is 83.8 cm³/mol. The summed E-state index contributed by atoms with van der Waals surface area (Å²) in [5, 5.41) is 9.21. The predicted octanol–water partition coefficient (Wildman–Crippen LogP) is 2.04. The zero-order valence-electron chi connectivity index (χ0n) is 13.3. The summed E-state index contributed by atoms with van der Waals surface area (Å²) in [5.74, 6) is -2.02. The lowest BCUT2D eigenvalue weighted by Crippen LogP contribution is -2.45. The van der Waals surface area contributed by atoms with Crippen molar-refractivity contribution in [3.8, 4) is 0 Å². The minimum atomic E-state index is -1.20. The van der Waals surface area contributed by atoms with E-state index in [2.05, 4.69) is 0 Å². The largest absolute Gasteiger partial charge is 0.478 e. The third-order valence-electron chi connectivity index (χ3n) is 3.50. The van der Waals surface area contributed by atoms with Crippen molar-refractivity contribution in [1.29, 1.82) is 0 Å². The average molecular weight is 306 g/mol. The minimum absolute atomic E-state index is 0.0232. The van der Waals surface area contributed by atoms with Crippen LogP contribution in [0.2, 0.25) is 0 Å². The summed E-state index contributed by atoms with van der Waals surface area (Å²) in [4.78, 5) is 37.5. The number of carboxylic acid groups (broad SMARTS) is 1. The van der Waals surface area contributed by atoms with Gasteiger partial charge in [0.15, 0.2) is 5.78 Å². The van der Waals surface area contributed by atoms with Crippen molar-refractivity contribution >= 4 is 23.3 Å². The number of ketones is 1. The number of aromatic carboxylic acids is 1. The normalized spacial score (nSPS) is 12.0. The number of carbonyl (C=O) groups excluding carboxylic acids is 2. The lowest BCUT2D eigenvalue weighted by Gasteiger charge is -2.29. The quantitative estimate of drug-likeness (QED) is 0.618. The topological polar surface area (TPSA) is 101 Å². The van der Waals surface area contributed by atoms with Crippen LogP contribution in [0.15, 0.2) is 18.2 Å². The fraction of sp³-hybridized carbons (Fsp3) is 0.438. The van der Waals surface area contributed by atoms with Crippen LogP contribution in [-0.2, 0) is 4.79 Å². The molecule has 0 aliphatic carbocycles. The Morgan fingerprint density at radius 2 is 1.77 bits per heavy atom. The van der Waals surface area contributed by atoms with E-state index in [0.29, 0.717) is 12.2 Å². The highest BCUT2D eigenvalue weighted by Crippen LogP contribution is 2.19. The van der Waals surface area contributed by atoms with Gasteiger partial charge in [-0.1, -0.05) is 13.8 Å². The van der Waals surface area contributed by atoms with E-state index in [1.54, 1.807) is 27.7 Å². The molecule has 0 saturated carbocycles. The lowest BCUT2D eigenvalue weighted by molar-refractivity contribution is -0.135. The Bertz CT molecular complexity index is 596. The number of nitrogen functional groups attached to an aromatic ring is 1. The van der Waals surface area contributed by atoms with Crippen molar-refractivity contribution in [2.24, 2.45) is 5.92 Å². The molecule has 6 heteroatoms. The molecule has 22 heavy (non-hydrogen) atoms. The molecule has 0 heterocycles. The monoisotopic (exact) mass is 306 g/mol. The van der Waals surface area contributed by atoms with Crippen LogP contribution in [0, 0.1) is 5.92 Å². The Morgan fingerprint density at radius 1 is 1.18 bits per heavy atom. The summed E-state index contributed by atoms with van der Waals surface area (Å²) >= 11 is 0. The van der Waals surface area contributed by atoms with Gasteiger partial charge in [0.05, 0.1) is 11.6 Å². The molecule has 1 rings (SSSR count). The third-order valence-corrected chi connectivity index (χ3v) is 3.50. The maximum absolute atomic E-state index is 12.6. The lowest BCUT2D eigenvalue weighted by atomic mass is 9.97. The Labute approximate surface area is 129 Å². The smallest absolute Gasteiger partial charge is 0.336 e. The number of rotatable bonds is 6. The number of carboxylic acids is 1. The number of hydrogen-bond donors (Lipinski definition) is 2. The average Bonchev–Trinajstić information content (AvgIpc) is 2.46. The Morgan fingerprint density at radius 3 is 2.23 bits per heavy atom. The number of nitrogens with two attached hydrogens (primary N) is 1. The summed E-state index contributed by atoms with van der Waals surface area (Å²) in [7, 11) is 0. The fourth-order valence-electron chi connectivity index (χ4n) is 2.27. The summed E-state index contributed by atoms with van der Waals surface area (Å²) in [6.45, 7) is 7.26. The van der Waals surface area contributed by atoms with Gasteiger partial charge in [0, 0.05) is 23.7 Å². The van der Waals surface area contributed by atoms with Crippen LogP contribution in [0.3, 0.4) is 0 Å². The van der Waals surface area contributed by atoms with E-state index in [4.69, 9.17) is 5.73 Å². The second kappa shape index (κ2) is 7.06. The Kier molecular flexibility index (Phi) is 5.68. The molecule has 3 N–H and O–H groups in total. The van der Waals surface area contributed by atoms with Gasteiger partial charge >= 0.3 is 5.97 Å². The first-order valence-electron chi connectivity index (χ1n) is 7.18. The number of carbonyl (C=O) groups is 3. The van der Waals surface area contributed by atoms with Crippen molar-refractivity contribution in [2.45, 2.75) is 33.7 Å². The van der Waals surface area contributed by atoms with Gasteiger partial charge in [0.1, 0.15) is 0 Å². The first kappa shape index (κ1) is 17.7. The highest BCUT2D eigenvalue weighted by atomic mass is 16.4. The molecule has 0 spiro atoms. The second-order valence-electron chi connectivity index (χ2n) is 5.43. The van der Waals surface area contributed by atoms with Crippen LogP contribution >= 0.6 is 0 Å². The fourth-order valence-corrected chi connectivity index (χ4v) is 2.27. The van der Waals surface area contributed by atoms with Crippen LogP contribution < -0.4 is 5.73 Å². The molecule has 0 fully saturated rings. The number of hydrogen-bond acceptors (Lipinski definition) is 4. The molecule has 0 bridgehead atoms. The van der Waals surface area contributed by atoms with Gasteiger partial charge in [-0.05, 0) is 32.0 Å². The Balaban J connectivity index is 3.22. The van der Waals surface area contributed by atoms with E-state index >= 15 is 0 Å².